The molecule has 0 aliphatic rings. The average molecular weight is 225 g/mol. The lowest BCUT2D eigenvalue weighted by molar-refractivity contribution is 1.09. The highest BCUT2D eigenvalue weighted by molar-refractivity contribution is 7.05. The van der Waals surface area contributed by atoms with Crippen LogP contribution in [0.1, 0.15) is 11.9 Å². The fourth-order valence-electron chi connectivity index (χ4n) is 1.14. The summed E-state index contributed by atoms with van der Waals surface area (Å²) in [5, 5.41) is 1.77. The number of halogens is 1. The molecule has 0 atom stereocenters. The molecular formula is C10H9ClN2S. The minimum atomic E-state index is 0.718. The summed E-state index contributed by atoms with van der Waals surface area (Å²) < 4.78 is 4.27. The molecule has 0 aliphatic carbocycles. The largest absolute Gasteiger partial charge is 0.220 e. The minimum Gasteiger partial charge on any atom is -0.220 e. The van der Waals surface area contributed by atoms with E-state index in [1.165, 1.54) is 11.5 Å². The van der Waals surface area contributed by atoms with Crippen molar-refractivity contribution in [3.8, 4) is 11.4 Å². The standard InChI is InChI=1S/C10H9ClN2S/c1-2-9-12-10(13-14-9)7-4-3-5-8(11)6-7/h3-6H,2H2,1H3. The van der Waals surface area contributed by atoms with Gasteiger partial charge < -0.3 is 0 Å². The Labute approximate surface area is 91.7 Å². The van der Waals surface area contributed by atoms with Crippen LogP contribution in [0.4, 0.5) is 0 Å². The van der Waals surface area contributed by atoms with E-state index in [2.05, 4.69) is 16.3 Å². The van der Waals surface area contributed by atoms with E-state index in [9.17, 15) is 0 Å². The summed E-state index contributed by atoms with van der Waals surface area (Å²) >= 11 is 7.33. The summed E-state index contributed by atoms with van der Waals surface area (Å²) in [5.41, 5.74) is 0.980. The first-order valence-electron chi connectivity index (χ1n) is 4.38. The highest BCUT2D eigenvalue weighted by Gasteiger charge is 2.04. The third-order valence-electron chi connectivity index (χ3n) is 1.85. The van der Waals surface area contributed by atoms with Crippen LogP contribution < -0.4 is 0 Å². The van der Waals surface area contributed by atoms with Crippen molar-refractivity contribution in [3.63, 3.8) is 0 Å². The normalized spacial score (nSPS) is 10.4. The lowest BCUT2D eigenvalue weighted by Crippen LogP contribution is -1.81. The third kappa shape index (κ3) is 1.94. The zero-order chi connectivity index (χ0) is 9.97. The number of hydrogen-bond donors (Lipinski definition) is 0. The Kier molecular flexibility index (Phi) is 2.79. The maximum atomic E-state index is 5.88. The first kappa shape index (κ1) is 9.62. The molecule has 0 bridgehead atoms. The first-order valence-corrected chi connectivity index (χ1v) is 5.53. The Morgan fingerprint density at radius 1 is 1.43 bits per heavy atom. The summed E-state index contributed by atoms with van der Waals surface area (Å²) in [4.78, 5) is 4.39. The van der Waals surface area contributed by atoms with Crippen LogP contribution in [0.3, 0.4) is 0 Å². The minimum absolute atomic E-state index is 0.718. The summed E-state index contributed by atoms with van der Waals surface area (Å²) in [6.07, 6.45) is 0.929. The predicted molar refractivity (Wildman–Crippen MR) is 59.7 cm³/mol. The van der Waals surface area contributed by atoms with Crippen LogP contribution in [0.15, 0.2) is 24.3 Å². The van der Waals surface area contributed by atoms with Gasteiger partial charge in [-0.05, 0) is 30.1 Å². The molecular weight excluding hydrogens is 216 g/mol. The van der Waals surface area contributed by atoms with Crippen LogP contribution in [0.5, 0.6) is 0 Å². The fourth-order valence-corrected chi connectivity index (χ4v) is 1.93. The topological polar surface area (TPSA) is 25.8 Å². The molecule has 14 heavy (non-hydrogen) atoms. The van der Waals surface area contributed by atoms with Crippen molar-refractivity contribution in [1.29, 1.82) is 0 Å². The molecule has 0 aliphatic heterocycles. The van der Waals surface area contributed by atoms with Crippen molar-refractivity contribution in [2.45, 2.75) is 13.3 Å². The summed E-state index contributed by atoms with van der Waals surface area (Å²) in [7, 11) is 0. The molecule has 2 rings (SSSR count). The third-order valence-corrected chi connectivity index (χ3v) is 2.94. The maximum absolute atomic E-state index is 5.88. The highest BCUT2D eigenvalue weighted by atomic mass is 35.5. The zero-order valence-corrected chi connectivity index (χ0v) is 9.27. The molecule has 72 valence electrons. The van der Waals surface area contributed by atoms with E-state index in [-0.39, 0.29) is 0 Å². The van der Waals surface area contributed by atoms with Crippen LogP contribution in [0.25, 0.3) is 11.4 Å². The van der Waals surface area contributed by atoms with Crippen LogP contribution in [-0.2, 0) is 6.42 Å². The number of nitrogens with zero attached hydrogens (tertiary/aromatic N) is 2. The quantitative estimate of drug-likeness (QED) is 0.781. The SMILES string of the molecule is CCc1nc(-c2cccc(Cl)c2)ns1. The molecule has 0 saturated heterocycles. The first-order chi connectivity index (χ1) is 6.79. The van der Waals surface area contributed by atoms with E-state index in [0.717, 1.165) is 27.8 Å². The predicted octanol–water partition coefficient (Wildman–Crippen LogP) is 3.42. The molecule has 0 amide bonds. The van der Waals surface area contributed by atoms with Gasteiger partial charge in [0.05, 0.1) is 0 Å². The molecule has 1 heterocycles. The van der Waals surface area contributed by atoms with Gasteiger partial charge in [-0.2, -0.15) is 4.37 Å². The van der Waals surface area contributed by atoms with Crippen LogP contribution in [0.2, 0.25) is 5.02 Å². The number of aryl methyl sites for hydroxylation is 1. The van der Waals surface area contributed by atoms with Crippen LogP contribution in [-0.4, -0.2) is 9.36 Å². The van der Waals surface area contributed by atoms with Crippen LogP contribution in [0, 0.1) is 0 Å². The van der Waals surface area contributed by atoms with Crippen molar-refractivity contribution in [2.75, 3.05) is 0 Å². The Bertz CT molecular complexity index is 439. The lowest BCUT2D eigenvalue weighted by atomic mass is 10.2. The van der Waals surface area contributed by atoms with Gasteiger partial charge in [-0.1, -0.05) is 30.7 Å². The Morgan fingerprint density at radius 2 is 2.29 bits per heavy atom. The Morgan fingerprint density at radius 3 is 2.93 bits per heavy atom. The second-order valence-electron chi connectivity index (χ2n) is 2.88. The van der Waals surface area contributed by atoms with Gasteiger partial charge in [0, 0.05) is 10.6 Å². The molecule has 0 spiro atoms. The van der Waals surface area contributed by atoms with Crippen molar-refractivity contribution < 1.29 is 0 Å². The monoisotopic (exact) mass is 224 g/mol. The second kappa shape index (κ2) is 4.07. The number of rotatable bonds is 2. The molecule has 0 radical (unpaired) electrons. The molecule has 1 aromatic heterocycles. The van der Waals surface area contributed by atoms with Crippen LogP contribution >= 0.6 is 23.1 Å². The van der Waals surface area contributed by atoms with Gasteiger partial charge in [-0.25, -0.2) is 4.98 Å². The van der Waals surface area contributed by atoms with E-state index in [4.69, 9.17) is 11.6 Å². The molecule has 0 unspecified atom stereocenters. The van der Waals surface area contributed by atoms with E-state index in [1.54, 1.807) is 0 Å². The van der Waals surface area contributed by atoms with E-state index < -0.39 is 0 Å². The van der Waals surface area contributed by atoms with Crippen molar-refractivity contribution in [3.05, 3.63) is 34.3 Å². The summed E-state index contributed by atoms with van der Waals surface area (Å²) in [5.74, 6) is 0.773. The molecule has 0 N–H and O–H groups in total. The fraction of sp³-hybridized carbons (Fsp3) is 0.200. The average Bonchev–Trinajstić information content (AvgIpc) is 2.66. The van der Waals surface area contributed by atoms with Gasteiger partial charge in [-0.3, -0.25) is 0 Å². The van der Waals surface area contributed by atoms with Gasteiger partial charge in [0.1, 0.15) is 5.01 Å². The molecule has 2 aromatic rings. The molecule has 4 heteroatoms. The molecule has 0 fully saturated rings. The van der Waals surface area contributed by atoms with Crippen molar-refractivity contribution in [2.24, 2.45) is 0 Å². The summed E-state index contributed by atoms with van der Waals surface area (Å²) in [6, 6.07) is 7.60. The van der Waals surface area contributed by atoms with Gasteiger partial charge in [0.2, 0.25) is 0 Å². The van der Waals surface area contributed by atoms with E-state index >= 15 is 0 Å². The van der Waals surface area contributed by atoms with Crippen molar-refractivity contribution >= 4 is 23.1 Å². The maximum Gasteiger partial charge on any atom is 0.173 e. The lowest BCUT2D eigenvalue weighted by Gasteiger charge is -1.94. The summed E-state index contributed by atoms with van der Waals surface area (Å²) in [6.45, 7) is 2.07. The Balaban J connectivity index is 2.39. The molecule has 2 nitrogen and oxygen atoms in total. The van der Waals surface area contributed by atoms with Gasteiger partial charge in [0.25, 0.3) is 0 Å². The number of benzene rings is 1. The highest BCUT2D eigenvalue weighted by Crippen LogP contribution is 2.21. The smallest absolute Gasteiger partial charge is 0.173 e. The van der Waals surface area contributed by atoms with Crippen molar-refractivity contribution in [1.82, 2.24) is 9.36 Å². The van der Waals surface area contributed by atoms with E-state index in [0.29, 0.717) is 0 Å². The Hall–Kier alpha value is -0.930. The number of aromatic nitrogens is 2. The van der Waals surface area contributed by atoms with Gasteiger partial charge in [0.15, 0.2) is 5.82 Å². The molecule has 1 aromatic carbocycles. The van der Waals surface area contributed by atoms with E-state index in [1.807, 2.05) is 24.3 Å². The number of hydrogen-bond acceptors (Lipinski definition) is 3. The second-order valence-corrected chi connectivity index (χ2v) is 4.15. The van der Waals surface area contributed by atoms with Gasteiger partial charge in [-0.15, -0.1) is 0 Å². The zero-order valence-electron chi connectivity index (χ0n) is 7.70. The van der Waals surface area contributed by atoms with Gasteiger partial charge >= 0.3 is 0 Å². The molecule has 0 saturated carbocycles.